The molecule has 0 radical (unpaired) electrons. The van der Waals surface area contributed by atoms with E-state index in [9.17, 15) is 23.1 Å². The molecular weight excluding hydrogens is 572 g/mol. The van der Waals surface area contributed by atoms with Gasteiger partial charge < -0.3 is 29.7 Å². The van der Waals surface area contributed by atoms with E-state index in [-0.39, 0.29) is 48.0 Å². The van der Waals surface area contributed by atoms with E-state index in [0.717, 1.165) is 0 Å². The molecule has 230 valence electrons. The zero-order valence-corrected chi connectivity index (χ0v) is 25.5. The number of methoxy groups -OCH3 is 1. The molecule has 0 bridgehead atoms. The van der Waals surface area contributed by atoms with Crippen molar-refractivity contribution in [3.8, 4) is 11.5 Å². The number of nitrogens with one attached hydrogen (secondary N) is 2. The van der Waals surface area contributed by atoms with Crippen molar-refractivity contribution in [2.75, 3.05) is 43.9 Å². The van der Waals surface area contributed by atoms with Gasteiger partial charge in [-0.3, -0.25) is 9.52 Å². The molecule has 43 heavy (non-hydrogen) atoms. The molecule has 3 aromatic carbocycles. The van der Waals surface area contributed by atoms with Crippen LogP contribution >= 0.6 is 0 Å². The molecule has 4 rings (SSSR count). The summed E-state index contributed by atoms with van der Waals surface area (Å²) in [6, 6.07) is 19.1. The number of hydrogen-bond donors (Lipinski definition) is 3. The summed E-state index contributed by atoms with van der Waals surface area (Å²) in [7, 11) is -0.765. The number of carbonyl (C=O) groups excluding carboxylic acids is 2. The summed E-state index contributed by atoms with van der Waals surface area (Å²) in [5, 5.41) is 12.7. The number of likely N-dealkylation sites (N-methyl/N-ethyl adjacent to an activating group) is 1. The highest BCUT2D eigenvalue weighted by molar-refractivity contribution is 7.92. The van der Waals surface area contributed by atoms with E-state index in [4.69, 9.17) is 9.47 Å². The Balaban J connectivity index is 1.61. The van der Waals surface area contributed by atoms with Gasteiger partial charge in [0.15, 0.2) is 0 Å². The van der Waals surface area contributed by atoms with E-state index in [1.165, 1.54) is 24.1 Å². The molecule has 3 N–H and O–H groups in total. The molecule has 0 aliphatic carbocycles. The molecule has 3 amide bonds. The molecule has 1 aliphatic heterocycles. The number of benzene rings is 3. The largest absolute Gasteiger partial charge is 0.497 e. The van der Waals surface area contributed by atoms with Gasteiger partial charge >= 0.3 is 6.03 Å². The Morgan fingerprint density at radius 1 is 1.12 bits per heavy atom. The van der Waals surface area contributed by atoms with E-state index in [0.29, 0.717) is 29.3 Å². The van der Waals surface area contributed by atoms with E-state index >= 15 is 0 Å². The average molecular weight is 611 g/mol. The van der Waals surface area contributed by atoms with E-state index in [1.54, 1.807) is 61.3 Å². The van der Waals surface area contributed by atoms with Gasteiger partial charge in [-0.05, 0) is 61.5 Å². The van der Waals surface area contributed by atoms with Crippen LogP contribution in [-0.2, 0) is 21.2 Å². The number of fused-ring (bicyclic) bond motifs is 1. The molecule has 0 spiro atoms. The van der Waals surface area contributed by atoms with Gasteiger partial charge in [0.1, 0.15) is 17.6 Å². The lowest BCUT2D eigenvalue weighted by Crippen LogP contribution is -2.48. The highest BCUT2D eigenvalue weighted by Crippen LogP contribution is 2.30. The third-order valence-corrected chi connectivity index (χ3v) is 8.76. The van der Waals surface area contributed by atoms with Crippen LogP contribution in [0.25, 0.3) is 0 Å². The van der Waals surface area contributed by atoms with Crippen molar-refractivity contribution >= 4 is 33.3 Å². The molecule has 12 heteroatoms. The molecule has 11 nitrogen and oxygen atoms in total. The third-order valence-electron chi connectivity index (χ3n) is 7.36. The Labute approximate surface area is 252 Å². The number of hydrogen-bond acceptors (Lipinski definition) is 7. The first-order chi connectivity index (χ1) is 20.5. The molecule has 0 saturated heterocycles. The molecule has 0 aromatic heterocycles. The quantitative estimate of drug-likeness (QED) is 0.335. The summed E-state index contributed by atoms with van der Waals surface area (Å²) in [4.78, 5) is 29.6. The standard InChI is InChI=1S/C31H38N4O7S/c1-21-18-35(22(2)20-36)30(37)17-23-16-25(33-43(39,40)27-13-11-26(41-4)12-14-27)10-15-28(23)42-29(21)19-34(3)31(38)32-24-8-6-5-7-9-24/h5-16,21-22,29,33,36H,17-20H2,1-4H3,(H,32,38)/t21-,22-,29+/m1/s1. The minimum atomic E-state index is -3.93. The number of urea groups is 1. The first-order valence-corrected chi connectivity index (χ1v) is 15.4. The predicted molar refractivity (Wildman–Crippen MR) is 164 cm³/mol. The van der Waals surface area contributed by atoms with Crippen molar-refractivity contribution in [2.24, 2.45) is 5.92 Å². The van der Waals surface area contributed by atoms with Gasteiger partial charge in [0.25, 0.3) is 10.0 Å². The molecule has 3 aromatic rings. The summed E-state index contributed by atoms with van der Waals surface area (Å²) in [6.45, 7) is 3.97. The maximum Gasteiger partial charge on any atom is 0.321 e. The van der Waals surface area contributed by atoms with E-state index in [2.05, 4.69) is 10.0 Å². The van der Waals surface area contributed by atoms with Crippen molar-refractivity contribution in [1.82, 2.24) is 9.80 Å². The number of ether oxygens (including phenoxy) is 2. The highest BCUT2D eigenvalue weighted by atomic mass is 32.2. The zero-order chi connectivity index (χ0) is 31.1. The molecule has 3 atom stereocenters. The van der Waals surface area contributed by atoms with Gasteiger partial charge in [-0.1, -0.05) is 25.1 Å². The van der Waals surface area contributed by atoms with Crippen molar-refractivity contribution in [1.29, 1.82) is 0 Å². The number of amides is 3. The van der Waals surface area contributed by atoms with Crippen LogP contribution in [0.1, 0.15) is 19.4 Å². The van der Waals surface area contributed by atoms with E-state index in [1.807, 2.05) is 25.1 Å². The van der Waals surface area contributed by atoms with Crippen LogP contribution in [0.5, 0.6) is 11.5 Å². The summed E-state index contributed by atoms with van der Waals surface area (Å²) in [5.74, 6) is 0.488. The predicted octanol–water partition coefficient (Wildman–Crippen LogP) is 3.81. The van der Waals surface area contributed by atoms with Crippen molar-refractivity contribution in [2.45, 2.75) is 37.3 Å². The fraction of sp³-hybridized carbons (Fsp3) is 0.355. The molecule has 0 fully saturated rings. The van der Waals surface area contributed by atoms with Crippen LogP contribution in [0.15, 0.2) is 77.7 Å². The van der Waals surface area contributed by atoms with Gasteiger partial charge in [0.05, 0.1) is 37.6 Å². The SMILES string of the molecule is COc1ccc(S(=O)(=O)Nc2ccc3c(c2)CC(=O)N([C@H](C)CO)C[C@@H](C)[C@H](CN(C)C(=O)Nc2ccccc2)O3)cc1. The zero-order valence-electron chi connectivity index (χ0n) is 24.7. The topological polar surface area (TPSA) is 138 Å². The number of sulfonamides is 1. The lowest BCUT2D eigenvalue weighted by Gasteiger charge is -2.34. The Hall–Kier alpha value is -4.29. The maximum atomic E-state index is 13.5. The average Bonchev–Trinajstić information content (AvgIpc) is 3.04. The van der Waals surface area contributed by atoms with Gasteiger partial charge in [-0.2, -0.15) is 0 Å². The summed E-state index contributed by atoms with van der Waals surface area (Å²) < 4.78 is 40.3. The Kier molecular flexibility index (Phi) is 10.1. The highest BCUT2D eigenvalue weighted by Gasteiger charge is 2.32. The van der Waals surface area contributed by atoms with Crippen LogP contribution < -0.4 is 19.5 Å². The first-order valence-electron chi connectivity index (χ1n) is 13.9. The van der Waals surface area contributed by atoms with Gasteiger partial charge in [-0.15, -0.1) is 0 Å². The Morgan fingerprint density at radius 2 is 1.81 bits per heavy atom. The second-order valence-electron chi connectivity index (χ2n) is 10.7. The number of aliphatic hydroxyl groups excluding tert-OH is 1. The molecule has 1 heterocycles. The lowest BCUT2D eigenvalue weighted by atomic mass is 10.0. The first kappa shape index (κ1) is 31.6. The number of nitrogens with zero attached hydrogens (tertiary/aromatic N) is 2. The molecule has 0 unspecified atom stereocenters. The number of anilines is 2. The number of para-hydroxylation sites is 1. The van der Waals surface area contributed by atoms with Crippen LogP contribution in [0.3, 0.4) is 0 Å². The Bertz CT molecular complexity index is 1520. The normalized spacial score (nSPS) is 17.8. The Morgan fingerprint density at radius 3 is 2.47 bits per heavy atom. The number of aliphatic hydroxyl groups is 1. The minimum Gasteiger partial charge on any atom is -0.497 e. The fourth-order valence-corrected chi connectivity index (χ4v) is 5.82. The third kappa shape index (κ3) is 7.96. The van der Waals surface area contributed by atoms with Crippen LogP contribution in [0.4, 0.5) is 16.2 Å². The monoisotopic (exact) mass is 610 g/mol. The van der Waals surface area contributed by atoms with Crippen molar-refractivity contribution in [3.05, 3.63) is 78.4 Å². The smallest absolute Gasteiger partial charge is 0.321 e. The maximum absolute atomic E-state index is 13.5. The number of carbonyl (C=O) groups is 2. The molecule has 1 aliphatic rings. The van der Waals surface area contributed by atoms with Crippen LogP contribution in [0, 0.1) is 5.92 Å². The minimum absolute atomic E-state index is 0.0535. The summed E-state index contributed by atoms with van der Waals surface area (Å²) in [5.41, 5.74) is 1.40. The second kappa shape index (κ2) is 13.8. The fourth-order valence-electron chi connectivity index (χ4n) is 4.77. The summed E-state index contributed by atoms with van der Waals surface area (Å²) >= 11 is 0. The summed E-state index contributed by atoms with van der Waals surface area (Å²) in [6.07, 6.45) is -0.590. The van der Waals surface area contributed by atoms with Gasteiger partial charge in [-0.25, -0.2) is 13.2 Å². The van der Waals surface area contributed by atoms with Crippen molar-refractivity contribution < 1.29 is 32.6 Å². The van der Waals surface area contributed by atoms with E-state index < -0.39 is 22.2 Å². The van der Waals surface area contributed by atoms with Crippen LogP contribution in [0.2, 0.25) is 0 Å². The second-order valence-corrected chi connectivity index (χ2v) is 12.4. The molecule has 0 saturated carbocycles. The van der Waals surface area contributed by atoms with Crippen molar-refractivity contribution in [3.63, 3.8) is 0 Å². The molecular formula is C31H38N4O7S. The van der Waals surface area contributed by atoms with Gasteiger partial charge in [0.2, 0.25) is 5.91 Å². The lowest BCUT2D eigenvalue weighted by molar-refractivity contribution is -0.134. The number of rotatable bonds is 9. The van der Waals surface area contributed by atoms with Crippen LogP contribution in [-0.4, -0.2) is 81.3 Å². The van der Waals surface area contributed by atoms with Gasteiger partial charge in [0, 0.05) is 36.4 Å².